The Morgan fingerprint density at radius 3 is 2.53 bits per heavy atom. The highest BCUT2D eigenvalue weighted by atomic mass is 14.7. The molecule has 76 valence electrons. The number of hydrogen-bond donors (Lipinski definition) is 1. The van der Waals surface area contributed by atoms with Gasteiger partial charge >= 0.3 is 0 Å². The molecular weight excluding hydrogens is 184 g/mol. The van der Waals surface area contributed by atoms with Gasteiger partial charge in [-0.15, -0.1) is 0 Å². The van der Waals surface area contributed by atoms with E-state index in [1.54, 1.807) is 0 Å². The number of nitrogens with two attached hydrogens (primary N) is 1. The maximum Gasteiger partial charge on any atom is 0.0602 e. The van der Waals surface area contributed by atoms with Crippen LogP contribution in [-0.2, 0) is 0 Å². The Bertz CT molecular complexity index is 490. The lowest BCUT2D eigenvalue weighted by Gasteiger charge is -2.07. The van der Waals surface area contributed by atoms with Crippen LogP contribution in [0.15, 0.2) is 36.5 Å². The van der Waals surface area contributed by atoms with Crippen LogP contribution < -0.4 is 5.73 Å². The highest BCUT2D eigenvalue weighted by molar-refractivity contribution is 5.69. The predicted molar refractivity (Wildman–Crippen MR) is 63.6 cm³/mol. The van der Waals surface area contributed by atoms with E-state index in [2.05, 4.69) is 24.0 Å². The molecule has 15 heavy (non-hydrogen) atoms. The fourth-order valence-electron chi connectivity index (χ4n) is 1.59. The van der Waals surface area contributed by atoms with E-state index in [0.29, 0.717) is 0 Å². The fourth-order valence-corrected chi connectivity index (χ4v) is 1.59. The van der Waals surface area contributed by atoms with Gasteiger partial charge in [0.1, 0.15) is 0 Å². The van der Waals surface area contributed by atoms with Crippen molar-refractivity contribution in [3.63, 3.8) is 0 Å². The molecule has 2 nitrogen and oxygen atoms in total. The van der Waals surface area contributed by atoms with Crippen LogP contribution in [-0.4, -0.2) is 4.98 Å². The number of aryl methyl sites for hydroxylation is 2. The van der Waals surface area contributed by atoms with Crippen molar-refractivity contribution >= 4 is 5.69 Å². The van der Waals surface area contributed by atoms with E-state index in [0.717, 1.165) is 16.9 Å². The van der Waals surface area contributed by atoms with E-state index in [4.69, 9.17) is 5.73 Å². The van der Waals surface area contributed by atoms with Crippen molar-refractivity contribution in [2.24, 2.45) is 0 Å². The minimum Gasteiger partial charge on any atom is -0.397 e. The maximum absolute atomic E-state index is 5.85. The molecule has 0 spiro atoms. The van der Waals surface area contributed by atoms with E-state index in [1.807, 2.05) is 31.3 Å². The van der Waals surface area contributed by atoms with Crippen molar-refractivity contribution < 1.29 is 0 Å². The van der Waals surface area contributed by atoms with E-state index < -0.39 is 0 Å². The number of benzene rings is 1. The van der Waals surface area contributed by atoms with Gasteiger partial charge in [0, 0.05) is 11.8 Å². The summed E-state index contributed by atoms with van der Waals surface area (Å²) in [6, 6.07) is 10.2. The summed E-state index contributed by atoms with van der Waals surface area (Å²) >= 11 is 0. The Labute approximate surface area is 89.8 Å². The molecule has 0 radical (unpaired) electrons. The molecule has 2 aromatic rings. The molecular formula is C13H14N2. The molecule has 0 aliphatic heterocycles. The second-order valence-corrected chi connectivity index (χ2v) is 3.71. The molecule has 1 aromatic carbocycles. The zero-order valence-corrected chi connectivity index (χ0v) is 8.99. The summed E-state index contributed by atoms with van der Waals surface area (Å²) in [6.07, 6.45) is 1.87. The van der Waals surface area contributed by atoms with Crippen LogP contribution in [0.1, 0.15) is 11.3 Å². The summed E-state index contributed by atoms with van der Waals surface area (Å²) in [5.41, 5.74) is 11.0. The summed E-state index contributed by atoms with van der Waals surface area (Å²) in [4.78, 5) is 4.27. The van der Waals surface area contributed by atoms with E-state index >= 15 is 0 Å². The maximum atomic E-state index is 5.85. The van der Waals surface area contributed by atoms with Gasteiger partial charge in [-0.1, -0.05) is 24.3 Å². The first-order valence-corrected chi connectivity index (χ1v) is 4.96. The first kappa shape index (κ1) is 9.71. The molecule has 0 aliphatic rings. The second-order valence-electron chi connectivity index (χ2n) is 3.71. The van der Waals surface area contributed by atoms with Crippen molar-refractivity contribution in [2.75, 3.05) is 5.73 Å². The number of nitrogen functional groups attached to an aromatic ring is 1. The average Bonchev–Trinajstić information content (AvgIpc) is 2.23. The van der Waals surface area contributed by atoms with Gasteiger partial charge < -0.3 is 5.73 Å². The normalized spacial score (nSPS) is 10.3. The molecule has 0 aliphatic carbocycles. The van der Waals surface area contributed by atoms with Crippen LogP contribution >= 0.6 is 0 Å². The van der Waals surface area contributed by atoms with Gasteiger partial charge in [-0.25, -0.2) is 0 Å². The standard InChI is InChI=1S/C13H14N2/c1-9-5-3-4-6-12(9)11-7-13(14)10(2)15-8-11/h3-8H,14H2,1-2H3. The summed E-state index contributed by atoms with van der Waals surface area (Å²) < 4.78 is 0. The number of aromatic nitrogens is 1. The largest absolute Gasteiger partial charge is 0.397 e. The molecule has 1 heterocycles. The average molecular weight is 198 g/mol. The molecule has 0 saturated carbocycles. The van der Waals surface area contributed by atoms with Gasteiger partial charge in [0.05, 0.1) is 11.4 Å². The van der Waals surface area contributed by atoms with Gasteiger partial charge in [0.15, 0.2) is 0 Å². The minimum absolute atomic E-state index is 0.746. The van der Waals surface area contributed by atoms with E-state index in [1.165, 1.54) is 11.1 Å². The molecule has 0 amide bonds. The number of anilines is 1. The molecule has 2 heteroatoms. The highest BCUT2D eigenvalue weighted by Gasteiger charge is 2.03. The third-order valence-electron chi connectivity index (χ3n) is 2.58. The number of pyridine rings is 1. The Balaban J connectivity index is 2.55. The monoisotopic (exact) mass is 198 g/mol. The Kier molecular flexibility index (Phi) is 2.42. The van der Waals surface area contributed by atoms with Crippen molar-refractivity contribution in [1.82, 2.24) is 4.98 Å². The van der Waals surface area contributed by atoms with Gasteiger partial charge in [0.2, 0.25) is 0 Å². The number of nitrogens with zero attached hydrogens (tertiary/aromatic N) is 1. The molecule has 2 N–H and O–H groups in total. The lowest BCUT2D eigenvalue weighted by atomic mass is 10.0. The van der Waals surface area contributed by atoms with Crippen molar-refractivity contribution in [3.8, 4) is 11.1 Å². The summed E-state index contributed by atoms with van der Waals surface area (Å²) in [7, 11) is 0. The van der Waals surface area contributed by atoms with Gasteiger partial charge in [-0.3, -0.25) is 4.98 Å². The molecule has 0 bridgehead atoms. The van der Waals surface area contributed by atoms with Crippen LogP contribution in [0, 0.1) is 13.8 Å². The summed E-state index contributed by atoms with van der Waals surface area (Å²) in [5, 5.41) is 0. The molecule has 0 unspecified atom stereocenters. The quantitative estimate of drug-likeness (QED) is 0.765. The SMILES string of the molecule is Cc1ccccc1-c1cnc(C)c(N)c1. The van der Waals surface area contributed by atoms with Gasteiger partial charge in [-0.2, -0.15) is 0 Å². The minimum atomic E-state index is 0.746. The smallest absolute Gasteiger partial charge is 0.0602 e. The van der Waals surface area contributed by atoms with Gasteiger partial charge in [0.25, 0.3) is 0 Å². The van der Waals surface area contributed by atoms with E-state index in [9.17, 15) is 0 Å². The molecule has 0 fully saturated rings. The van der Waals surface area contributed by atoms with E-state index in [-0.39, 0.29) is 0 Å². The Morgan fingerprint density at radius 2 is 1.87 bits per heavy atom. The zero-order chi connectivity index (χ0) is 10.8. The summed E-state index contributed by atoms with van der Waals surface area (Å²) in [5.74, 6) is 0. The second kappa shape index (κ2) is 3.73. The number of hydrogen-bond acceptors (Lipinski definition) is 2. The highest BCUT2D eigenvalue weighted by Crippen LogP contribution is 2.24. The lowest BCUT2D eigenvalue weighted by molar-refractivity contribution is 1.21. The zero-order valence-electron chi connectivity index (χ0n) is 8.99. The lowest BCUT2D eigenvalue weighted by Crippen LogP contribution is -1.94. The Morgan fingerprint density at radius 1 is 1.13 bits per heavy atom. The van der Waals surface area contributed by atoms with Crippen molar-refractivity contribution in [1.29, 1.82) is 0 Å². The van der Waals surface area contributed by atoms with Crippen LogP contribution in [0.25, 0.3) is 11.1 Å². The van der Waals surface area contributed by atoms with Crippen molar-refractivity contribution in [3.05, 3.63) is 47.8 Å². The van der Waals surface area contributed by atoms with Crippen LogP contribution in [0.2, 0.25) is 0 Å². The fraction of sp³-hybridized carbons (Fsp3) is 0.154. The number of rotatable bonds is 1. The Hall–Kier alpha value is -1.83. The van der Waals surface area contributed by atoms with Crippen LogP contribution in [0.3, 0.4) is 0 Å². The third kappa shape index (κ3) is 1.84. The molecule has 0 atom stereocenters. The predicted octanol–water partition coefficient (Wildman–Crippen LogP) is 2.95. The third-order valence-corrected chi connectivity index (χ3v) is 2.58. The van der Waals surface area contributed by atoms with Crippen molar-refractivity contribution in [2.45, 2.75) is 13.8 Å². The molecule has 2 rings (SSSR count). The molecule has 1 aromatic heterocycles. The van der Waals surface area contributed by atoms with Crippen LogP contribution in [0.4, 0.5) is 5.69 Å². The molecule has 0 saturated heterocycles. The van der Waals surface area contributed by atoms with Crippen LogP contribution in [0.5, 0.6) is 0 Å². The first-order chi connectivity index (χ1) is 7.18. The summed E-state index contributed by atoms with van der Waals surface area (Å²) in [6.45, 7) is 4.00. The van der Waals surface area contributed by atoms with Gasteiger partial charge in [-0.05, 0) is 31.0 Å². The topological polar surface area (TPSA) is 38.9 Å². The first-order valence-electron chi connectivity index (χ1n) is 4.96.